The van der Waals surface area contributed by atoms with Crippen LogP contribution in [0.2, 0.25) is 0 Å². The number of nitrogens with zero attached hydrogens (tertiary/aromatic N) is 4. The van der Waals surface area contributed by atoms with E-state index in [1.54, 1.807) is 29.4 Å². The Hall–Kier alpha value is -4.27. The first-order valence-corrected chi connectivity index (χ1v) is 13.9. The average Bonchev–Trinajstić information content (AvgIpc) is 3.63. The number of aryl methyl sites for hydroxylation is 1. The summed E-state index contributed by atoms with van der Waals surface area (Å²) in [6, 6.07) is 14.1. The Morgan fingerprint density at radius 1 is 1.12 bits per heavy atom. The molecule has 1 fully saturated rings. The zero-order valence-electron chi connectivity index (χ0n) is 23.2. The highest BCUT2D eigenvalue weighted by atomic mass is 16.5. The lowest BCUT2D eigenvalue weighted by molar-refractivity contribution is -0.166. The third-order valence-electron chi connectivity index (χ3n) is 8.27. The number of aromatic nitrogens is 3. The molecule has 208 valence electrons. The molecule has 1 unspecified atom stereocenters. The zero-order valence-corrected chi connectivity index (χ0v) is 23.2. The van der Waals surface area contributed by atoms with Gasteiger partial charge in [0.2, 0.25) is 5.91 Å². The van der Waals surface area contributed by atoms with Crippen LogP contribution in [0.5, 0.6) is 11.5 Å². The van der Waals surface area contributed by atoms with Crippen LogP contribution in [0.25, 0.3) is 10.9 Å². The molecule has 0 radical (unpaired) electrons. The van der Waals surface area contributed by atoms with Gasteiger partial charge >= 0.3 is 0 Å². The number of methoxy groups -OCH3 is 1. The second-order valence-corrected chi connectivity index (χ2v) is 10.7. The van der Waals surface area contributed by atoms with Crippen molar-refractivity contribution in [3.05, 3.63) is 78.0 Å². The van der Waals surface area contributed by atoms with Crippen LogP contribution in [-0.4, -0.2) is 69.5 Å². The van der Waals surface area contributed by atoms with Gasteiger partial charge in [-0.1, -0.05) is 31.2 Å². The second kappa shape index (κ2) is 10.4. The number of amides is 2. The lowest BCUT2D eigenvalue weighted by Gasteiger charge is -2.51. The van der Waals surface area contributed by atoms with Crippen molar-refractivity contribution in [3.8, 4) is 11.5 Å². The van der Waals surface area contributed by atoms with Crippen LogP contribution in [0.15, 0.2) is 61.2 Å². The predicted molar refractivity (Wildman–Crippen MR) is 151 cm³/mol. The average molecular weight is 542 g/mol. The maximum absolute atomic E-state index is 14.2. The molecule has 2 aromatic carbocycles. The van der Waals surface area contributed by atoms with Gasteiger partial charge in [-0.05, 0) is 49.1 Å². The number of hydrogen-bond donors (Lipinski definition) is 1. The van der Waals surface area contributed by atoms with Crippen LogP contribution in [0, 0.1) is 0 Å². The van der Waals surface area contributed by atoms with Crippen molar-refractivity contribution in [2.24, 2.45) is 0 Å². The largest absolute Gasteiger partial charge is 0.493 e. The summed E-state index contributed by atoms with van der Waals surface area (Å²) in [5.41, 5.74) is 2.68. The fraction of sp³-hybridized carbons (Fsp3) is 0.387. The minimum absolute atomic E-state index is 0.0473. The van der Waals surface area contributed by atoms with Gasteiger partial charge in [0.1, 0.15) is 0 Å². The molecule has 9 nitrogen and oxygen atoms in total. The van der Waals surface area contributed by atoms with Gasteiger partial charge in [0, 0.05) is 48.8 Å². The van der Waals surface area contributed by atoms with E-state index in [2.05, 4.69) is 23.0 Å². The summed E-state index contributed by atoms with van der Waals surface area (Å²) in [5, 5.41) is 1.06. The Balaban J connectivity index is 1.40. The number of hydrogen-bond acceptors (Lipinski definition) is 5. The zero-order chi connectivity index (χ0) is 27.9. The third-order valence-corrected chi connectivity index (χ3v) is 8.27. The lowest BCUT2D eigenvalue weighted by atomic mass is 9.76. The Kier molecular flexibility index (Phi) is 6.73. The Bertz CT molecular complexity index is 1540. The Labute approximate surface area is 233 Å². The number of H-pyrrole nitrogens is 1. The summed E-state index contributed by atoms with van der Waals surface area (Å²) in [7, 11) is 1.64. The van der Waals surface area contributed by atoms with Gasteiger partial charge in [0.05, 0.1) is 32.3 Å². The number of imidazole rings is 1. The molecule has 0 spiro atoms. The summed E-state index contributed by atoms with van der Waals surface area (Å²) >= 11 is 0. The molecule has 4 heterocycles. The van der Waals surface area contributed by atoms with Crippen molar-refractivity contribution in [2.45, 2.75) is 44.7 Å². The molecule has 2 amide bonds. The number of aromatic amines is 1. The summed E-state index contributed by atoms with van der Waals surface area (Å²) in [6.07, 6.45) is 7.05. The summed E-state index contributed by atoms with van der Waals surface area (Å²) in [6.45, 7) is 6.27. The number of carbonyl (C=O) groups excluding carboxylic acids is 2. The molecule has 6 rings (SSSR count). The van der Waals surface area contributed by atoms with Crippen molar-refractivity contribution >= 4 is 22.7 Å². The van der Waals surface area contributed by atoms with E-state index in [1.807, 2.05) is 54.1 Å². The Morgan fingerprint density at radius 2 is 1.98 bits per heavy atom. The Morgan fingerprint density at radius 3 is 2.75 bits per heavy atom. The molecule has 0 aliphatic carbocycles. The van der Waals surface area contributed by atoms with Gasteiger partial charge in [0.15, 0.2) is 17.0 Å². The van der Waals surface area contributed by atoms with E-state index in [0.29, 0.717) is 31.2 Å². The molecule has 1 saturated heterocycles. The van der Waals surface area contributed by atoms with Crippen molar-refractivity contribution in [3.63, 3.8) is 0 Å². The summed E-state index contributed by atoms with van der Waals surface area (Å²) < 4.78 is 13.6. The number of ether oxygens (including phenoxy) is 2. The first-order valence-electron chi connectivity index (χ1n) is 13.9. The standard InChI is InChI=1S/C31H35N5O4/c1-4-16-40-25-11-10-21(17-26(25)39-3)23-18-36-27(37)19-35(14-7-13-34-15-12-32-20-34)30(38)31(36,2)29-28(23)22-8-5-6-9-24(22)33-29/h5-6,8-12,15,17,20,23,33H,4,7,13-14,16,18-19H2,1-3H3/t23?,31-/m0/s1. The quantitative estimate of drug-likeness (QED) is 0.341. The molecule has 2 aromatic heterocycles. The maximum atomic E-state index is 14.2. The number of rotatable bonds is 9. The van der Waals surface area contributed by atoms with Crippen LogP contribution in [0.1, 0.15) is 49.4 Å². The molecule has 2 aliphatic rings. The molecule has 2 atom stereocenters. The SMILES string of the molecule is CCCOc1ccc(C2CN3C(=O)CN(CCCn4ccnc4)C(=O)[C@]3(C)c3[nH]c4ccccc4c32)cc1OC. The monoisotopic (exact) mass is 541 g/mol. The van der Waals surface area contributed by atoms with Crippen molar-refractivity contribution < 1.29 is 19.1 Å². The molecule has 4 aromatic rings. The normalized spacial score (nSPS) is 20.5. The highest BCUT2D eigenvalue weighted by Crippen LogP contribution is 2.49. The van der Waals surface area contributed by atoms with Gasteiger partial charge in [-0.2, -0.15) is 0 Å². The fourth-order valence-corrected chi connectivity index (χ4v) is 6.25. The van der Waals surface area contributed by atoms with Gasteiger partial charge in [-0.25, -0.2) is 4.98 Å². The van der Waals surface area contributed by atoms with E-state index in [0.717, 1.165) is 47.1 Å². The minimum Gasteiger partial charge on any atom is -0.493 e. The van der Waals surface area contributed by atoms with E-state index in [4.69, 9.17) is 9.47 Å². The van der Waals surface area contributed by atoms with Gasteiger partial charge in [-0.3, -0.25) is 9.59 Å². The lowest BCUT2D eigenvalue weighted by Crippen LogP contribution is -2.67. The smallest absolute Gasteiger partial charge is 0.254 e. The molecule has 0 saturated carbocycles. The van der Waals surface area contributed by atoms with E-state index in [-0.39, 0.29) is 24.3 Å². The van der Waals surface area contributed by atoms with E-state index < -0.39 is 5.54 Å². The molecule has 0 bridgehead atoms. The molecular formula is C31H35N5O4. The third kappa shape index (κ3) is 4.20. The van der Waals surface area contributed by atoms with Crippen LogP contribution in [0.4, 0.5) is 0 Å². The first-order chi connectivity index (χ1) is 19.5. The highest BCUT2D eigenvalue weighted by molar-refractivity contribution is 6.01. The second-order valence-electron chi connectivity index (χ2n) is 10.7. The van der Waals surface area contributed by atoms with Gasteiger partial charge in [-0.15, -0.1) is 0 Å². The van der Waals surface area contributed by atoms with Gasteiger partial charge in [0.25, 0.3) is 5.91 Å². The van der Waals surface area contributed by atoms with Crippen molar-refractivity contribution in [1.29, 1.82) is 0 Å². The van der Waals surface area contributed by atoms with E-state index in [9.17, 15) is 9.59 Å². The van der Waals surface area contributed by atoms with Crippen molar-refractivity contribution in [2.75, 3.05) is 33.4 Å². The number of piperazine rings is 1. The summed E-state index contributed by atoms with van der Waals surface area (Å²) in [5.74, 6) is 1.12. The van der Waals surface area contributed by atoms with Crippen LogP contribution in [-0.2, 0) is 21.7 Å². The number of carbonyl (C=O) groups is 2. The predicted octanol–water partition coefficient (Wildman–Crippen LogP) is 4.28. The first kappa shape index (κ1) is 26.0. The van der Waals surface area contributed by atoms with Crippen LogP contribution >= 0.6 is 0 Å². The fourth-order valence-electron chi connectivity index (χ4n) is 6.25. The maximum Gasteiger partial charge on any atom is 0.254 e. The minimum atomic E-state index is -1.12. The number of benzene rings is 2. The molecule has 1 N–H and O–H groups in total. The molecular weight excluding hydrogens is 506 g/mol. The van der Waals surface area contributed by atoms with Crippen LogP contribution in [0.3, 0.4) is 0 Å². The molecule has 2 aliphatic heterocycles. The topological polar surface area (TPSA) is 92.7 Å². The van der Waals surface area contributed by atoms with E-state index >= 15 is 0 Å². The van der Waals surface area contributed by atoms with Gasteiger partial charge < -0.3 is 28.8 Å². The number of fused-ring (bicyclic) bond motifs is 5. The highest BCUT2D eigenvalue weighted by Gasteiger charge is 2.56. The number of nitrogens with one attached hydrogen (secondary N) is 1. The van der Waals surface area contributed by atoms with Crippen LogP contribution < -0.4 is 9.47 Å². The molecule has 40 heavy (non-hydrogen) atoms. The number of para-hydroxylation sites is 1. The van der Waals surface area contributed by atoms with E-state index in [1.165, 1.54) is 0 Å². The molecule has 9 heteroatoms. The summed E-state index contributed by atoms with van der Waals surface area (Å²) in [4.78, 5) is 39.1. The van der Waals surface area contributed by atoms with Crippen molar-refractivity contribution in [1.82, 2.24) is 24.3 Å².